The molecule has 0 unspecified atom stereocenters. The van der Waals surface area contributed by atoms with E-state index < -0.39 is 15.7 Å². The van der Waals surface area contributed by atoms with Crippen molar-refractivity contribution in [1.29, 1.82) is 0 Å². The second-order valence-corrected chi connectivity index (χ2v) is 13.7. The van der Waals surface area contributed by atoms with Crippen molar-refractivity contribution < 1.29 is 17.7 Å². The summed E-state index contributed by atoms with van der Waals surface area (Å²) in [5.41, 5.74) is 0. The van der Waals surface area contributed by atoms with Gasteiger partial charge in [0.05, 0.1) is 0 Å². The normalized spacial score (nSPS) is 13.1. The standard InChI is InChI=1S/C16H34Cl2O4Si2/c1-5-11-19-23(17,20-12-6-2)15-9-10-16-24(18,21-13-7-3)22-14-8-4/h9-10H,5-8,11-16H2,1-4H3. The third-order valence-corrected chi connectivity index (χ3v) is 9.20. The van der Waals surface area contributed by atoms with E-state index >= 15 is 0 Å². The summed E-state index contributed by atoms with van der Waals surface area (Å²) in [5.74, 6) is 0. The molecule has 0 saturated carbocycles. The van der Waals surface area contributed by atoms with Gasteiger partial charge in [0.1, 0.15) is 0 Å². The van der Waals surface area contributed by atoms with Crippen LogP contribution in [0.4, 0.5) is 0 Å². The van der Waals surface area contributed by atoms with Gasteiger partial charge < -0.3 is 17.7 Å². The molecule has 0 aromatic carbocycles. The first-order valence-electron chi connectivity index (χ1n) is 9.03. The Morgan fingerprint density at radius 1 is 0.583 bits per heavy atom. The molecule has 0 saturated heterocycles. The van der Waals surface area contributed by atoms with E-state index in [0.29, 0.717) is 38.5 Å². The first-order valence-corrected chi connectivity index (χ1v) is 15.1. The van der Waals surface area contributed by atoms with Crippen LogP contribution < -0.4 is 0 Å². The predicted molar refractivity (Wildman–Crippen MR) is 107 cm³/mol. The lowest BCUT2D eigenvalue weighted by Crippen LogP contribution is -2.37. The highest BCUT2D eigenvalue weighted by atomic mass is 35.6. The summed E-state index contributed by atoms with van der Waals surface area (Å²) in [7, 11) is -5.32. The molecular weight excluding hydrogens is 383 g/mol. The summed E-state index contributed by atoms with van der Waals surface area (Å²) in [6.45, 7) is 10.7. The molecule has 8 heteroatoms. The molecule has 0 spiro atoms. The molecule has 0 fully saturated rings. The van der Waals surface area contributed by atoms with Crippen molar-refractivity contribution in [2.75, 3.05) is 26.4 Å². The molecule has 0 aliphatic heterocycles. The Hall–Kier alpha value is 0.594. The van der Waals surface area contributed by atoms with Gasteiger partial charge in [0.15, 0.2) is 0 Å². The molecule has 0 radical (unpaired) electrons. The average molecular weight is 418 g/mol. The van der Waals surface area contributed by atoms with Gasteiger partial charge in [0.2, 0.25) is 0 Å². The Kier molecular flexibility index (Phi) is 15.1. The maximum atomic E-state index is 6.57. The van der Waals surface area contributed by atoms with Crippen molar-refractivity contribution in [2.45, 2.75) is 65.5 Å². The van der Waals surface area contributed by atoms with Gasteiger partial charge in [-0.1, -0.05) is 62.0 Å². The minimum Gasteiger partial charge on any atom is -0.383 e. The van der Waals surface area contributed by atoms with Crippen molar-refractivity contribution >= 4 is 37.9 Å². The van der Waals surface area contributed by atoms with Gasteiger partial charge in [-0.3, -0.25) is 0 Å². The summed E-state index contributed by atoms with van der Waals surface area (Å²) in [6, 6.07) is 1.19. The molecular formula is C16H34Cl2O4Si2. The molecule has 0 N–H and O–H groups in total. The van der Waals surface area contributed by atoms with Gasteiger partial charge in [-0.05, 0) is 25.7 Å². The van der Waals surface area contributed by atoms with Crippen LogP contribution in [-0.4, -0.2) is 42.2 Å². The predicted octanol–water partition coefficient (Wildman–Crippen LogP) is 5.60. The summed E-state index contributed by atoms with van der Waals surface area (Å²) >= 11 is 13.1. The molecule has 24 heavy (non-hydrogen) atoms. The van der Waals surface area contributed by atoms with Gasteiger partial charge in [-0.25, -0.2) is 0 Å². The fourth-order valence-electron chi connectivity index (χ4n) is 1.79. The summed E-state index contributed by atoms with van der Waals surface area (Å²) in [4.78, 5) is 0. The average Bonchev–Trinajstić information content (AvgIpc) is 2.59. The maximum absolute atomic E-state index is 6.57. The minimum absolute atomic E-state index is 0.595. The van der Waals surface area contributed by atoms with Crippen LogP contribution in [0.3, 0.4) is 0 Å². The van der Waals surface area contributed by atoms with Crippen molar-refractivity contribution in [3.05, 3.63) is 12.2 Å². The molecule has 0 atom stereocenters. The number of halogens is 2. The highest BCUT2D eigenvalue weighted by Crippen LogP contribution is 2.23. The second kappa shape index (κ2) is 14.7. The number of rotatable bonds is 16. The fourth-order valence-corrected chi connectivity index (χ4v) is 6.82. The van der Waals surface area contributed by atoms with Crippen LogP contribution in [-0.2, 0) is 17.7 Å². The first-order chi connectivity index (χ1) is 11.4. The summed E-state index contributed by atoms with van der Waals surface area (Å²) in [6.07, 6.45) is 7.70. The van der Waals surface area contributed by atoms with E-state index in [1.54, 1.807) is 0 Å². The van der Waals surface area contributed by atoms with E-state index in [-0.39, 0.29) is 0 Å². The Bertz CT molecular complexity index is 287. The van der Waals surface area contributed by atoms with E-state index in [0.717, 1.165) is 25.7 Å². The van der Waals surface area contributed by atoms with Gasteiger partial charge in [0.25, 0.3) is 0 Å². The topological polar surface area (TPSA) is 36.9 Å². The van der Waals surface area contributed by atoms with Crippen molar-refractivity contribution in [2.24, 2.45) is 0 Å². The maximum Gasteiger partial charge on any atom is 0.447 e. The molecule has 0 rings (SSSR count). The van der Waals surface area contributed by atoms with Crippen molar-refractivity contribution in [3.8, 4) is 0 Å². The van der Waals surface area contributed by atoms with Crippen LogP contribution >= 0.6 is 22.2 Å². The molecule has 0 aromatic heterocycles. The molecule has 0 aliphatic rings. The molecule has 0 aromatic rings. The second-order valence-electron chi connectivity index (χ2n) is 5.59. The quantitative estimate of drug-likeness (QED) is 0.186. The van der Waals surface area contributed by atoms with Gasteiger partial charge in [-0.2, -0.15) is 0 Å². The van der Waals surface area contributed by atoms with Crippen LogP contribution in [0.25, 0.3) is 0 Å². The van der Waals surface area contributed by atoms with Gasteiger partial charge in [0, 0.05) is 38.5 Å². The Morgan fingerprint density at radius 2 is 0.833 bits per heavy atom. The van der Waals surface area contributed by atoms with E-state index in [1.807, 2.05) is 12.2 Å². The van der Waals surface area contributed by atoms with Crippen LogP contribution in [0, 0.1) is 0 Å². The number of hydrogen-bond acceptors (Lipinski definition) is 4. The minimum atomic E-state index is -2.66. The largest absolute Gasteiger partial charge is 0.447 e. The van der Waals surface area contributed by atoms with Crippen molar-refractivity contribution in [1.82, 2.24) is 0 Å². The third kappa shape index (κ3) is 12.0. The smallest absolute Gasteiger partial charge is 0.383 e. The Labute approximate surface area is 159 Å². The molecule has 4 nitrogen and oxygen atoms in total. The molecule has 0 amide bonds. The SMILES string of the molecule is CCCO[Si](Cl)(CC=CC[Si](Cl)(OCCC)OCCC)OCCC. The monoisotopic (exact) mass is 416 g/mol. The molecule has 0 heterocycles. The van der Waals surface area contributed by atoms with E-state index in [9.17, 15) is 0 Å². The lowest BCUT2D eigenvalue weighted by atomic mass is 10.5. The van der Waals surface area contributed by atoms with Crippen LogP contribution in [0.5, 0.6) is 0 Å². The zero-order chi connectivity index (χ0) is 18.3. The lowest BCUT2D eigenvalue weighted by Gasteiger charge is -2.24. The summed E-state index contributed by atoms with van der Waals surface area (Å²) < 4.78 is 23.2. The fraction of sp³-hybridized carbons (Fsp3) is 0.875. The van der Waals surface area contributed by atoms with Gasteiger partial charge >= 0.3 is 15.7 Å². The zero-order valence-corrected chi connectivity index (χ0v) is 19.1. The molecule has 0 bridgehead atoms. The van der Waals surface area contributed by atoms with Crippen LogP contribution in [0.15, 0.2) is 12.2 Å². The van der Waals surface area contributed by atoms with Crippen LogP contribution in [0.2, 0.25) is 12.1 Å². The zero-order valence-electron chi connectivity index (χ0n) is 15.6. The lowest BCUT2D eigenvalue weighted by molar-refractivity contribution is 0.188. The number of hydrogen-bond donors (Lipinski definition) is 0. The first kappa shape index (κ1) is 24.6. The van der Waals surface area contributed by atoms with Gasteiger partial charge in [-0.15, -0.1) is 0 Å². The van der Waals surface area contributed by atoms with E-state index in [2.05, 4.69) is 27.7 Å². The number of allylic oxidation sites excluding steroid dienone is 2. The summed E-state index contributed by atoms with van der Waals surface area (Å²) in [5, 5.41) is 0. The molecule has 144 valence electrons. The van der Waals surface area contributed by atoms with Crippen molar-refractivity contribution in [3.63, 3.8) is 0 Å². The van der Waals surface area contributed by atoms with Crippen LogP contribution in [0.1, 0.15) is 53.4 Å². The highest BCUT2D eigenvalue weighted by molar-refractivity contribution is 7.13. The Balaban J connectivity index is 4.56. The van der Waals surface area contributed by atoms with E-state index in [4.69, 9.17) is 39.9 Å². The molecule has 0 aliphatic carbocycles. The third-order valence-electron chi connectivity index (χ3n) is 2.98. The van der Waals surface area contributed by atoms with E-state index in [1.165, 1.54) is 0 Å². The highest BCUT2D eigenvalue weighted by Gasteiger charge is 2.36. The Morgan fingerprint density at radius 3 is 1.04 bits per heavy atom.